The van der Waals surface area contributed by atoms with Crippen molar-refractivity contribution in [2.24, 2.45) is 5.92 Å². The van der Waals surface area contributed by atoms with Crippen molar-refractivity contribution in [3.05, 3.63) is 35.4 Å². The minimum Gasteiger partial charge on any atom is -0.319 e. The minimum absolute atomic E-state index is 0.220. The second-order valence-electron chi connectivity index (χ2n) is 6.65. The van der Waals surface area contributed by atoms with Crippen molar-refractivity contribution in [2.75, 3.05) is 13.6 Å². The summed E-state index contributed by atoms with van der Waals surface area (Å²) in [5.74, 6) is 0.575. The first-order chi connectivity index (χ1) is 8.93. The van der Waals surface area contributed by atoms with Gasteiger partial charge in [-0.3, -0.25) is 5.43 Å². The third kappa shape index (κ3) is 3.16. The smallest absolute Gasteiger partial charge is 0.0518 e. The van der Waals surface area contributed by atoms with Crippen molar-refractivity contribution < 1.29 is 0 Å². The van der Waals surface area contributed by atoms with Gasteiger partial charge in [-0.2, -0.15) is 0 Å². The van der Waals surface area contributed by atoms with Crippen LogP contribution in [0.3, 0.4) is 0 Å². The molecule has 0 saturated carbocycles. The molecule has 2 rings (SSSR count). The van der Waals surface area contributed by atoms with Crippen LogP contribution in [0.2, 0.25) is 0 Å². The largest absolute Gasteiger partial charge is 0.319 e. The van der Waals surface area contributed by atoms with Crippen molar-refractivity contribution in [1.29, 1.82) is 0 Å². The lowest BCUT2D eigenvalue weighted by molar-refractivity contribution is 0.417. The Morgan fingerprint density at radius 2 is 1.74 bits per heavy atom. The van der Waals surface area contributed by atoms with Gasteiger partial charge in [0, 0.05) is 18.5 Å². The zero-order valence-electron chi connectivity index (χ0n) is 12.7. The fourth-order valence-electron chi connectivity index (χ4n) is 2.78. The van der Waals surface area contributed by atoms with E-state index in [-0.39, 0.29) is 5.41 Å². The highest BCUT2D eigenvalue weighted by Gasteiger charge is 2.33. The molecule has 0 aliphatic carbocycles. The Hall–Kier alpha value is -0.900. The molecule has 3 atom stereocenters. The normalized spacial score (nSPS) is 27.7. The lowest BCUT2D eigenvalue weighted by atomic mass is 9.84. The molecule has 0 aromatic heterocycles. The summed E-state index contributed by atoms with van der Waals surface area (Å²) in [5, 5.41) is 3.30. The molecule has 1 aromatic carbocycles. The van der Waals surface area contributed by atoms with Crippen LogP contribution in [-0.2, 0) is 5.41 Å². The summed E-state index contributed by atoms with van der Waals surface area (Å²) in [6.45, 7) is 10.0. The third-order valence-electron chi connectivity index (χ3n) is 4.11. The van der Waals surface area contributed by atoms with Gasteiger partial charge in [0.05, 0.1) is 6.04 Å². The van der Waals surface area contributed by atoms with Crippen molar-refractivity contribution in [3.63, 3.8) is 0 Å². The van der Waals surface area contributed by atoms with E-state index >= 15 is 0 Å². The maximum absolute atomic E-state index is 3.43. The van der Waals surface area contributed by atoms with Crippen LogP contribution in [0, 0.1) is 5.92 Å². The molecular formula is C16H27N3. The molecule has 1 saturated heterocycles. The summed E-state index contributed by atoms with van der Waals surface area (Å²) in [7, 11) is 2.02. The number of hydrogen-bond donors (Lipinski definition) is 3. The van der Waals surface area contributed by atoms with Crippen LogP contribution in [0.5, 0.6) is 0 Å². The zero-order chi connectivity index (χ0) is 14.0. The Balaban J connectivity index is 2.18. The summed E-state index contributed by atoms with van der Waals surface area (Å²) in [6.07, 6.45) is 0. The predicted octanol–water partition coefficient (Wildman–Crippen LogP) is 2.36. The minimum atomic E-state index is 0.220. The molecule has 1 aliphatic rings. The predicted molar refractivity (Wildman–Crippen MR) is 81.0 cm³/mol. The van der Waals surface area contributed by atoms with Gasteiger partial charge in [-0.25, -0.2) is 5.43 Å². The Morgan fingerprint density at radius 1 is 1.11 bits per heavy atom. The van der Waals surface area contributed by atoms with Gasteiger partial charge in [0.25, 0.3) is 0 Å². The van der Waals surface area contributed by atoms with Crippen LogP contribution >= 0.6 is 0 Å². The van der Waals surface area contributed by atoms with E-state index in [1.165, 1.54) is 11.1 Å². The SMILES string of the molecule is CNCC1C(C)NNC1c1ccc(C(C)(C)C)cc1. The van der Waals surface area contributed by atoms with E-state index in [4.69, 9.17) is 0 Å². The second kappa shape index (κ2) is 5.61. The lowest BCUT2D eigenvalue weighted by Gasteiger charge is -2.23. The molecule has 0 radical (unpaired) electrons. The van der Waals surface area contributed by atoms with Gasteiger partial charge in [-0.15, -0.1) is 0 Å². The summed E-state index contributed by atoms with van der Waals surface area (Å²) in [5.41, 5.74) is 9.76. The molecule has 3 unspecified atom stereocenters. The van der Waals surface area contributed by atoms with E-state index in [0.717, 1.165) is 6.54 Å². The van der Waals surface area contributed by atoms with Crippen LogP contribution in [0.1, 0.15) is 44.9 Å². The van der Waals surface area contributed by atoms with E-state index < -0.39 is 0 Å². The summed E-state index contributed by atoms with van der Waals surface area (Å²) < 4.78 is 0. The Morgan fingerprint density at radius 3 is 2.26 bits per heavy atom. The van der Waals surface area contributed by atoms with Gasteiger partial charge < -0.3 is 5.32 Å². The number of hydrogen-bond acceptors (Lipinski definition) is 3. The maximum Gasteiger partial charge on any atom is 0.0518 e. The molecule has 19 heavy (non-hydrogen) atoms. The second-order valence-corrected chi connectivity index (χ2v) is 6.65. The molecule has 3 heteroatoms. The summed E-state index contributed by atoms with van der Waals surface area (Å²) in [4.78, 5) is 0. The van der Waals surface area contributed by atoms with E-state index in [9.17, 15) is 0 Å². The van der Waals surface area contributed by atoms with Gasteiger partial charge in [-0.1, -0.05) is 45.0 Å². The molecule has 1 heterocycles. The van der Waals surface area contributed by atoms with Gasteiger partial charge >= 0.3 is 0 Å². The van der Waals surface area contributed by atoms with Gasteiger partial charge in [0.1, 0.15) is 0 Å². The topological polar surface area (TPSA) is 36.1 Å². The molecular weight excluding hydrogens is 234 g/mol. The van der Waals surface area contributed by atoms with Crippen molar-refractivity contribution in [3.8, 4) is 0 Å². The highest BCUT2D eigenvalue weighted by atomic mass is 15.4. The first-order valence-electron chi connectivity index (χ1n) is 7.19. The molecule has 0 amide bonds. The maximum atomic E-state index is 3.43. The van der Waals surface area contributed by atoms with E-state index in [1.807, 2.05) is 7.05 Å². The average molecular weight is 261 g/mol. The van der Waals surface area contributed by atoms with Crippen molar-refractivity contribution in [2.45, 2.75) is 45.2 Å². The van der Waals surface area contributed by atoms with Crippen molar-refractivity contribution >= 4 is 0 Å². The first-order valence-corrected chi connectivity index (χ1v) is 7.19. The lowest BCUT2D eigenvalue weighted by Crippen LogP contribution is -2.31. The number of hydrazine groups is 1. The monoisotopic (exact) mass is 261 g/mol. The summed E-state index contributed by atoms with van der Waals surface area (Å²) in [6, 6.07) is 9.92. The summed E-state index contributed by atoms with van der Waals surface area (Å²) >= 11 is 0. The first kappa shape index (κ1) is 14.5. The van der Waals surface area contributed by atoms with Crippen molar-refractivity contribution in [1.82, 2.24) is 16.2 Å². The highest BCUT2D eigenvalue weighted by Crippen LogP contribution is 2.30. The van der Waals surface area contributed by atoms with E-state index in [0.29, 0.717) is 18.0 Å². The highest BCUT2D eigenvalue weighted by molar-refractivity contribution is 5.30. The quantitative estimate of drug-likeness (QED) is 0.782. The number of benzene rings is 1. The Labute approximate surface area is 117 Å². The molecule has 106 valence electrons. The molecule has 1 fully saturated rings. The standard InChI is InChI=1S/C16H27N3/c1-11-14(10-17-5)15(19-18-11)12-6-8-13(9-7-12)16(2,3)4/h6-9,11,14-15,17-19H,10H2,1-5H3. The zero-order valence-corrected chi connectivity index (χ0v) is 12.7. The van der Waals surface area contributed by atoms with Crippen LogP contribution in [0.4, 0.5) is 0 Å². The Bertz CT molecular complexity index is 405. The van der Waals surface area contributed by atoms with Crippen LogP contribution in [0.25, 0.3) is 0 Å². The molecule has 1 aliphatic heterocycles. The van der Waals surface area contributed by atoms with Gasteiger partial charge in [0.2, 0.25) is 0 Å². The Kier molecular flexibility index (Phi) is 4.29. The van der Waals surface area contributed by atoms with Crippen LogP contribution in [-0.4, -0.2) is 19.6 Å². The molecule has 1 aromatic rings. The molecule has 3 N–H and O–H groups in total. The van der Waals surface area contributed by atoms with E-state index in [1.54, 1.807) is 0 Å². The number of nitrogens with one attached hydrogen (secondary N) is 3. The van der Waals surface area contributed by atoms with Gasteiger partial charge in [-0.05, 0) is 30.5 Å². The molecule has 0 spiro atoms. The van der Waals surface area contributed by atoms with Crippen LogP contribution < -0.4 is 16.2 Å². The molecule has 3 nitrogen and oxygen atoms in total. The van der Waals surface area contributed by atoms with Crippen LogP contribution in [0.15, 0.2) is 24.3 Å². The average Bonchev–Trinajstić information content (AvgIpc) is 2.71. The van der Waals surface area contributed by atoms with Gasteiger partial charge in [0.15, 0.2) is 0 Å². The van der Waals surface area contributed by atoms with E-state index in [2.05, 4.69) is 68.1 Å². The fourth-order valence-corrected chi connectivity index (χ4v) is 2.78. The third-order valence-corrected chi connectivity index (χ3v) is 4.11. The molecule has 0 bridgehead atoms. The number of rotatable bonds is 3. The fraction of sp³-hybridized carbons (Fsp3) is 0.625.